The van der Waals surface area contributed by atoms with Gasteiger partial charge in [-0.3, -0.25) is 4.79 Å². The van der Waals surface area contributed by atoms with Crippen molar-refractivity contribution in [1.29, 1.82) is 0 Å². The van der Waals surface area contributed by atoms with Crippen LogP contribution in [0.5, 0.6) is 0 Å². The van der Waals surface area contributed by atoms with E-state index in [1.807, 2.05) is 19.1 Å². The van der Waals surface area contributed by atoms with Gasteiger partial charge in [0.1, 0.15) is 5.56 Å². The van der Waals surface area contributed by atoms with Crippen molar-refractivity contribution in [2.75, 3.05) is 18.0 Å². The van der Waals surface area contributed by atoms with Crippen LogP contribution in [0.1, 0.15) is 30.1 Å². The molecule has 1 aliphatic rings. The SMILES string of the molecule is CCn1cc(C(=O)O)c(=O)cc1-c1ccc(N2CCCC2)cc1. The lowest BCUT2D eigenvalue weighted by Gasteiger charge is -2.18. The number of aromatic carboxylic acids is 1. The van der Waals surface area contributed by atoms with E-state index in [2.05, 4.69) is 17.0 Å². The van der Waals surface area contributed by atoms with Crippen LogP contribution in [0.15, 0.2) is 41.3 Å². The number of benzene rings is 1. The minimum absolute atomic E-state index is 0.190. The van der Waals surface area contributed by atoms with Crippen molar-refractivity contribution in [1.82, 2.24) is 4.57 Å². The zero-order valence-corrected chi connectivity index (χ0v) is 13.2. The summed E-state index contributed by atoms with van der Waals surface area (Å²) in [6.07, 6.45) is 3.88. The summed E-state index contributed by atoms with van der Waals surface area (Å²) >= 11 is 0. The first-order valence-corrected chi connectivity index (χ1v) is 7.93. The summed E-state index contributed by atoms with van der Waals surface area (Å²) in [5, 5.41) is 9.09. The number of aromatic nitrogens is 1. The van der Waals surface area contributed by atoms with E-state index in [1.54, 1.807) is 4.57 Å². The molecule has 3 rings (SSSR count). The Morgan fingerprint density at radius 2 is 1.83 bits per heavy atom. The summed E-state index contributed by atoms with van der Waals surface area (Å²) in [6, 6.07) is 9.54. The van der Waals surface area contributed by atoms with Gasteiger partial charge >= 0.3 is 5.97 Å². The number of aryl methyl sites for hydroxylation is 1. The Kier molecular flexibility index (Phi) is 4.19. The lowest BCUT2D eigenvalue weighted by Crippen LogP contribution is -2.18. The second kappa shape index (κ2) is 6.28. The van der Waals surface area contributed by atoms with Crippen LogP contribution in [0, 0.1) is 0 Å². The molecule has 1 aromatic carbocycles. The second-order valence-corrected chi connectivity index (χ2v) is 5.77. The fourth-order valence-electron chi connectivity index (χ4n) is 3.06. The molecular formula is C18H20N2O3. The molecule has 2 heterocycles. The van der Waals surface area contributed by atoms with Gasteiger partial charge in [0.05, 0.1) is 5.69 Å². The van der Waals surface area contributed by atoms with Gasteiger partial charge < -0.3 is 14.6 Å². The van der Waals surface area contributed by atoms with E-state index in [1.165, 1.54) is 30.8 Å². The third-order valence-electron chi connectivity index (χ3n) is 4.33. The topological polar surface area (TPSA) is 62.5 Å². The van der Waals surface area contributed by atoms with Crippen molar-refractivity contribution >= 4 is 11.7 Å². The van der Waals surface area contributed by atoms with Gasteiger partial charge in [-0.15, -0.1) is 0 Å². The molecule has 0 saturated carbocycles. The number of rotatable bonds is 4. The Morgan fingerprint density at radius 1 is 1.17 bits per heavy atom. The molecular weight excluding hydrogens is 292 g/mol. The Hall–Kier alpha value is -2.56. The van der Waals surface area contributed by atoms with Gasteiger partial charge in [-0.25, -0.2) is 4.79 Å². The third-order valence-corrected chi connectivity index (χ3v) is 4.33. The van der Waals surface area contributed by atoms with Crippen LogP contribution in [0.3, 0.4) is 0 Å². The van der Waals surface area contributed by atoms with Crippen molar-refractivity contribution < 1.29 is 9.90 Å². The molecule has 1 N–H and O–H groups in total. The van der Waals surface area contributed by atoms with Crippen LogP contribution in [0.4, 0.5) is 5.69 Å². The predicted octanol–water partition coefficient (Wildman–Crippen LogP) is 2.83. The Bertz CT molecular complexity index is 772. The number of hydrogen-bond donors (Lipinski definition) is 1. The van der Waals surface area contributed by atoms with Crippen molar-refractivity contribution in [3.63, 3.8) is 0 Å². The number of nitrogens with zero attached hydrogens (tertiary/aromatic N) is 2. The first kappa shape index (κ1) is 15.3. The quantitative estimate of drug-likeness (QED) is 0.943. The zero-order chi connectivity index (χ0) is 16.4. The average molecular weight is 312 g/mol. The Morgan fingerprint density at radius 3 is 2.39 bits per heavy atom. The minimum Gasteiger partial charge on any atom is -0.477 e. The van der Waals surface area contributed by atoms with Crippen LogP contribution in [-0.2, 0) is 6.54 Å². The number of carboxylic acids is 1. The number of hydrogen-bond acceptors (Lipinski definition) is 3. The first-order chi connectivity index (χ1) is 11.1. The monoisotopic (exact) mass is 312 g/mol. The number of pyridine rings is 1. The summed E-state index contributed by atoms with van der Waals surface area (Å²) in [5.41, 5.74) is 2.21. The predicted molar refractivity (Wildman–Crippen MR) is 90.2 cm³/mol. The van der Waals surface area contributed by atoms with Gasteiger partial charge in [0, 0.05) is 37.6 Å². The van der Waals surface area contributed by atoms with Crippen molar-refractivity contribution in [2.24, 2.45) is 0 Å². The number of carboxylic acid groups (broad SMARTS) is 1. The maximum Gasteiger partial charge on any atom is 0.341 e. The van der Waals surface area contributed by atoms with Crippen LogP contribution in [-0.4, -0.2) is 28.7 Å². The highest BCUT2D eigenvalue weighted by atomic mass is 16.4. The smallest absolute Gasteiger partial charge is 0.341 e. The molecule has 0 unspecified atom stereocenters. The minimum atomic E-state index is -1.19. The van der Waals surface area contributed by atoms with Crippen molar-refractivity contribution in [3.05, 3.63) is 52.3 Å². The molecule has 0 aliphatic carbocycles. The maximum absolute atomic E-state index is 12.0. The maximum atomic E-state index is 12.0. The average Bonchev–Trinajstić information content (AvgIpc) is 3.09. The highest BCUT2D eigenvalue weighted by Gasteiger charge is 2.15. The molecule has 0 atom stereocenters. The molecule has 1 fully saturated rings. The van der Waals surface area contributed by atoms with E-state index in [-0.39, 0.29) is 5.56 Å². The molecule has 120 valence electrons. The van der Waals surface area contributed by atoms with Gasteiger partial charge in [-0.05, 0) is 37.5 Å². The summed E-state index contributed by atoms with van der Waals surface area (Å²) < 4.78 is 1.80. The van der Waals surface area contributed by atoms with Gasteiger partial charge in [-0.1, -0.05) is 12.1 Å². The van der Waals surface area contributed by atoms with Gasteiger partial charge in [0.2, 0.25) is 0 Å². The molecule has 0 amide bonds. The fourth-order valence-corrected chi connectivity index (χ4v) is 3.06. The molecule has 1 saturated heterocycles. The first-order valence-electron chi connectivity index (χ1n) is 7.93. The third kappa shape index (κ3) is 2.99. The Labute approximate surface area is 134 Å². The molecule has 23 heavy (non-hydrogen) atoms. The zero-order valence-electron chi connectivity index (χ0n) is 13.2. The number of carbonyl (C=O) groups is 1. The molecule has 2 aromatic rings. The highest BCUT2D eigenvalue weighted by Crippen LogP contribution is 2.25. The van der Waals surface area contributed by atoms with Crippen LogP contribution >= 0.6 is 0 Å². The lowest BCUT2D eigenvalue weighted by molar-refractivity contribution is 0.0694. The number of anilines is 1. The molecule has 0 spiro atoms. The van der Waals surface area contributed by atoms with Crippen LogP contribution in [0.25, 0.3) is 11.3 Å². The van der Waals surface area contributed by atoms with E-state index in [9.17, 15) is 9.59 Å². The molecule has 1 aliphatic heterocycles. The van der Waals surface area contributed by atoms with Gasteiger partial charge in [0.25, 0.3) is 0 Å². The molecule has 0 bridgehead atoms. The van der Waals surface area contributed by atoms with E-state index in [0.29, 0.717) is 6.54 Å². The van der Waals surface area contributed by atoms with Crippen molar-refractivity contribution in [3.8, 4) is 11.3 Å². The van der Waals surface area contributed by atoms with E-state index in [4.69, 9.17) is 5.11 Å². The van der Waals surface area contributed by atoms with E-state index < -0.39 is 11.4 Å². The summed E-state index contributed by atoms with van der Waals surface area (Å²) in [5.74, 6) is -1.19. The summed E-state index contributed by atoms with van der Waals surface area (Å²) in [4.78, 5) is 25.5. The standard InChI is InChI=1S/C18H20N2O3/c1-2-19-12-15(18(22)23)17(21)11-16(19)13-5-7-14(8-6-13)20-9-3-4-10-20/h5-8,11-12H,2-4,9-10H2,1H3,(H,22,23). The van der Waals surface area contributed by atoms with Gasteiger partial charge in [-0.2, -0.15) is 0 Å². The largest absolute Gasteiger partial charge is 0.477 e. The van der Waals surface area contributed by atoms with Gasteiger partial charge in [0.15, 0.2) is 5.43 Å². The molecule has 5 nitrogen and oxygen atoms in total. The normalized spacial score (nSPS) is 14.2. The van der Waals surface area contributed by atoms with E-state index in [0.717, 1.165) is 24.3 Å². The van der Waals surface area contributed by atoms with Crippen molar-refractivity contribution in [2.45, 2.75) is 26.3 Å². The van der Waals surface area contributed by atoms with Crippen LogP contribution < -0.4 is 10.3 Å². The fraction of sp³-hybridized carbons (Fsp3) is 0.333. The highest BCUT2D eigenvalue weighted by molar-refractivity contribution is 5.87. The molecule has 5 heteroatoms. The van der Waals surface area contributed by atoms with Crippen LogP contribution in [0.2, 0.25) is 0 Å². The molecule has 1 aromatic heterocycles. The summed E-state index contributed by atoms with van der Waals surface area (Å²) in [7, 11) is 0. The molecule has 0 radical (unpaired) electrons. The second-order valence-electron chi connectivity index (χ2n) is 5.77. The lowest BCUT2D eigenvalue weighted by atomic mass is 10.1. The summed E-state index contributed by atoms with van der Waals surface area (Å²) in [6.45, 7) is 4.71. The Balaban J connectivity index is 1.99. The van der Waals surface area contributed by atoms with E-state index >= 15 is 0 Å².